The number of hydrogen-bond acceptors (Lipinski definition) is 3. The van der Waals surface area contributed by atoms with Crippen molar-refractivity contribution in [2.75, 3.05) is 12.3 Å². The van der Waals surface area contributed by atoms with E-state index in [2.05, 4.69) is 17.0 Å². The van der Waals surface area contributed by atoms with Crippen molar-refractivity contribution in [2.24, 2.45) is 0 Å². The molecule has 0 N–H and O–H groups in total. The number of thioether (sulfide) groups is 1. The Morgan fingerprint density at radius 3 is 2.94 bits per heavy atom. The predicted molar refractivity (Wildman–Crippen MR) is 77.5 cm³/mol. The molecular weight excluding hydrogens is 262 g/mol. The van der Waals surface area contributed by atoms with Gasteiger partial charge in [0.25, 0.3) is 5.91 Å². The molecule has 2 fully saturated rings. The van der Waals surface area contributed by atoms with Crippen molar-refractivity contribution in [1.29, 1.82) is 0 Å². The summed E-state index contributed by atoms with van der Waals surface area (Å²) >= 11 is 3.64. The molecule has 1 amide bonds. The fourth-order valence-electron chi connectivity index (χ4n) is 2.88. The number of fused-ring (bicyclic) bond motifs is 3. The highest BCUT2D eigenvalue weighted by molar-refractivity contribution is 8.00. The van der Waals surface area contributed by atoms with Gasteiger partial charge in [0.05, 0.1) is 4.88 Å². The minimum absolute atomic E-state index is 0.240. The van der Waals surface area contributed by atoms with Gasteiger partial charge >= 0.3 is 0 Å². The summed E-state index contributed by atoms with van der Waals surface area (Å²) in [6, 6.07) is 10.7. The minimum atomic E-state index is 0.240. The van der Waals surface area contributed by atoms with Gasteiger partial charge in [-0.3, -0.25) is 4.79 Å². The maximum Gasteiger partial charge on any atom is 0.264 e. The van der Waals surface area contributed by atoms with Gasteiger partial charge in [0, 0.05) is 28.3 Å². The molecule has 92 valence electrons. The first kappa shape index (κ1) is 10.9. The second-order valence-electron chi connectivity index (χ2n) is 4.95. The molecule has 2 unspecified atom stereocenters. The zero-order valence-corrected chi connectivity index (χ0v) is 11.5. The summed E-state index contributed by atoms with van der Waals surface area (Å²) in [5.41, 5.74) is 0. The highest BCUT2D eigenvalue weighted by Gasteiger charge is 2.41. The molecule has 0 radical (unpaired) electrons. The zero-order chi connectivity index (χ0) is 12.1. The van der Waals surface area contributed by atoms with Crippen molar-refractivity contribution < 1.29 is 4.79 Å². The minimum Gasteiger partial charge on any atom is -0.333 e. The van der Waals surface area contributed by atoms with Gasteiger partial charge in [0.1, 0.15) is 0 Å². The zero-order valence-electron chi connectivity index (χ0n) is 9.83. The number of nitrogens with zero attached hydrogens (tertiary/aromatic N) is 1. The molecule has 2 saturated heterocycles. The Hall–Kier alpha value is -1.00. The Balaban J connectivity index is 1.68. The lowest BCUT2D eigenvalue weighted by Gasteiger charge is -2.26. The molecular formula is C14H13NOS2. The van der Waals surface area contributed by atoms with E-state index in [0.29, 0.717) is 11.3 Å². The van der Waals surface area contributed by atoms with Gasteiger partial charge in [-0.1, -0.05) is 18.2 Å². The third-order valence-corrected chi connectivity index (χ3v) is 6.29. The summed E-state index contributed by atoms with van der Waals surface area (Å²) in [5.74, 6) is 1.37. The quantitative estimate of drug-likeness (QED) is 0.796. The monoisotopic (exact) mass is 275 g/mol. The second-order valence-corrected chi connectivity index (χ2v) is 7.37. The van der Waals surface area contributed by atoms with Crippen LogP contribution in [0.4, 0.5) is 0 Å². The highest BCUT2D eigenvalue weighted by atomic mass is 32.2. The molecule has 0 aliphatic carbocycles. The topological polar surface area (TPSA) is 20.3 Å². The standard InChI is InChI=1S/C14H13NOS2/c16-14(15-7-11-6-10(15)8-17-11)13-5-9-3-1-2-4-12(9)18-13/h1-5,10-11H,6-8H2. The van der Waals surface area contributed by atoms with Crippen LogP contribution in [0.1, 0.15) is 16.1 Å². The molecule has 4 heteroatoms. The van der Waals surface area contributed by atoms with E-state index < -0.39 is 0 Å². The number of amides is 1. The summed E-state index contributed by atoms with van der Waals surface area (Å²) in [6.45, 7) is 0.947. The molecule has 2 nitrogen and oxygen atoms in total. The van der Waals surface area contributed by atoms with Crippen LogP contribution in [-0.4, -0.2) is 34.4 Å². The molecule has 4 rings (SSSR count). The van der Waals surface area contributed by atoms with Gasteiger partial charge in [-0.25, -0.2) is 0 Å². The molecule has 1 aromatic carbocycles. The van der Waals surface area contributed by atoms with Crippen molar-refractivity contribution in [3.8, 4) is 0 Å². The normalized spacial score (nSPS) is 26.1. The number of benzene rings is 1. The molecule has 3 heterocycles. The fourth-order valence-corrected chi connectivity index (χ4v) is 5.33. The number of thiophene rings is 1. The van der Waals surface area contributed by atoms with E-state index in [9.17, 15) is 4.79 Å². The molecule has 1 aromatic heterocycles. The van der Waals surface area contributed by atoms with Gasteiger partial charge in [-0.2, -0.15) is 11.8 Å². The van der Waals surface area contributed by atoms with E-state index in [4.69, 9.17) is 0 Å². The Bertz CT molecular complexity index is 588. The number of hydrogen-bond donors (Lipinski definition) is 0. The smallest absolute Gasteiger partial charge is 0.264 e. The molecule has 0 saturated carbocycles. The van der Waals surface area contributed by atoms with E-state index in [0.717, 1.165) is 17.2 Å². The lowest BCUT2D eigenvalue weighted by Crippen LogP contribution is -2.38. The van der Waals surface area contributed by atoms with E-state index in [1.807, 2.05) is 30.0 Å². The molecule has 2 aromatic rings. The van der Waals surface area contributed by atoms with Crippen LogP contribution in [0.15, 0.2) is 30.3 Å². The van der Waals surface area contributed by atoms with Crippen LogP contribution in [0, 0.1) is 0 Å². The van der Waals surface area contributed by atoms with Gasteiger partial charge in [-0.15, -0.1) is 11.3 Å². The van der Waals surface area contributed by atoms with Gasteiger partial charge in [-0.05, 0) is 23.9 Å². The first-order valence-electron chi connectivity index (χ1n) is 6.22. The number of rotatable bonds is 1. The fraction of sp³-hybridized carbons (Fsp3) is 0.357. The number of carbonyl (C=O) groups is 1. The van der Waals surface area contributed by atoms with Gasteiger partial charge in [0.15, 0.2) is 0 Å². The van der Waals surface area contributed by atoms with Crippen LogP contribution in [-0.2, 0) is 0 Å². The Morgan fingerprint density at radius 2 is 2.22 bits per heavy atom. The third-order valence-electron chi connectivity index (χ3n) is 3.80. The SMILES string of the molecule is O=C(c1cc2ccccc2s1)N1CC2CC1CS2. The third kappa shape index (κ3) is 1.59. The molecule has 0 spiro atoms. The largest absolute Gasteiger partial charge is 0.333 e. The first-order chi connectivity index (χ1) is 8.81. The van der Waals surface area contributed by atoms with E-state index in [1.165, 1.54) is 16.5 Å². The van der Waals surface area contributed by atoms with Crippen molar-refractivity contribution in [2.45, 2.75) is 17.7 Å². The van der Waals surface area contributed by atoms with E-state index >= 15 is 0 Å². The Labute approximate surface area is 114 Å². The average molecular weight is 275 g/mol. The first-order valence-corrected chi connectivity index (χ1v) is 8.09. The predicted octanol–water partition coefficient (Wildman–Crippen LogP) is 3.23. The van der Waals surface area contributed by atoms with Crippen LogP contribution in [0.25, 0.3) is 10.1 Å². The number of likely N-dealkylation sites (tertiary alicyclic amines) is 1. The Kier molecular flexibility index (Phi) is 2.42. The second kappa shape index (κ2) is 4.00. The van der Waals surface area contributed by atoms with Gasteiger partial charge < -0.3 is 4.90 Å². The molecule has 2 aliphatic rings. The molecule has 2 atom stereocenters. The summed E-state index contributed by atoms with van der Waals surface area (Å²) < 4.78 is 1.21. The maximum absolute atomic E-state index is 12.5. The summed E-state index contributed by atoms with van der Waals surface area (Å²) in [4.78, 5) is 15.5. The van der Waals surface area contributed by atoms with Crippen LogP contribution >= 0.6 is 23.1 Å². The van der Waals surface area contributed by atoms with Crippen molar-refractivity contribution in [3.63, 3.8) is 0 Å². The maximum atomic E-state index is 12.5. The molecule has 2 bridgehead atoms. The van der Waals surface area contributed by atoms with Crippen molar-refractivity contribution >= 4 is 39.1 Å². The summed E-state index contributed by atoms with van der Waals surface area (Å²) in [5, 5.41) is 1.87. The average Bonchev–Trinajstić information content (AvgIpc) is 3.11. The van der Waals surface area contributed by atoms with Crippen LogP contribution in [0.5, 0.6) is 0 Å². The van der Waals surface area contributed by atoms with Crippen molar-refractivity contribution in [3.05, 3.63) is 35.2 Å². The number of carbonyl (C=O) groups excluding carboxylic acids is 1. The van der Waals surface area contributed by atoms with Gasteiger partial charge in [0.2, 0.25) is 0 Å². The highest BCUT2D eigenvalue weighted by Crippen LogP contribution is 2.39. The molecule has 2 aliphatic heterocycles. The summed E-state index contributed by atoms with van der Waals surface area (Å²) in [6.07, 6.45) is 1.20. The van der Waals surface area contributed by atoms with Crippen LogP contribution in [0.3, 0.4) is 0 Å². The lowest BCUT2D eigenvalue weighted by molar-refractivity contribution is 0.0752. The summed E-state index contributed by atoms with van der Waals surface area (Å²) in [7, 11) is 0. The van der Waals surface area contributed by atoms with E-state index in [1.54, 1.807) is 11.3 Å². The Morgan fingerprint density at radius 1 is 1.33 bits per heavy atom. The molecule has 18 heavy (non-hydrogen) atoms. The van der Waals surface area contributed by atoms with E-state index in [-0.39, 0.29) is 5.91 Å². The van der Waals surface area contributed by atoms with Crippen LogP contribution < -0.4 is 0 Å². The van der Waals surface area contributed by atoms with Crippen LogP contribution in [0.2, 0.25) is 0 Å². The van der Waals surface area contributed by atoms with Crippen molar-refractivity contribution in [1.82, 2.24) is 4.90 Å². The lowest BCUT2D eigenvalue weighted by atomic mass is 10.2.